The number of hydrogen-bond acceptors (Lipinski definition) is 7. The van der Waals surface area contributed by atoms with Crippen LogP contribution in [0.25, 0.3) is 0 Å². The van der Waals surface area contributed by atoms with E-state index >= 15 is 0 Å². The molecule has 3 heterocycles. The molecule has 0 aromatic carbocycles. The molecule has 7 nitrogen and oxygen atoms in total. The highest BCUT2D eigenvalue weighted by Crippen LogP contribution is 2.45. The molecule has 3 rings (SSSR count). The van der Waals surface area contributed by atoms with Crippen molar-refractivity contribution >= 4 is 57.9 Å². The lowest BCUT2D eigenvalue weighted by Gasteiger charge is -2.32. The van der Waals surface area contributed by atoms with Crippen molar-refractivity contribution < 1.29 is 9.72 Å². The van der Waals surface area contributed by atoms with Crippen molar-refractivity contribution in [2.45, 2.75) is 9.10 Å². The third-order valence-corrected chi connectivity index (χ3v) is 7.12. The van der Waals surface area contributed by atoms with Crippen molar-refractivity contribution in [2.75, 3.05) is 33.2 Å². The molecular weight excluding hydrogens is 419 g/mol. The van der Waals surface area contributed by atoms with Crippen molar-refractivity contribution in [3.63, 3.8) is 0 Å². The first-order valence-corrected chi connectivity index (χ1v) is 9.98. The summed E-state index contributed by atoms with van der Waals surface area (Å²) in [7, 11) is 1.99. The number of aromatic nitrogens is 1. The molecule has 0 bridgehead atoms. The van der Waals surface area contributed by atoms with Crippen LogP contribution < -0.4 is 0 Å². The summed E-state index contributed by atoms with van der Waals surface area (Å²) in [6.07, 6.45) is 2.84. The first kappa shape index (κ1) is 19.4. The van der Waals surface area contributed by atoms with E-state index in [0.29, 0.717) is 37.1 Å². The summed E-state index contributed by atoms with van der Waals surface area (Å²) >= 11 is 14.4. The molecule has 1 saturated heterocycles. The van der Waals surface area contributed by atoms with Crippen LogP contribution in [0.5, 0.6) is 0 Å². The first-order chi connectivity index (χ1) is 12.4. The van der Waals surface area contributed by atoms with Crippen LogP contribution in [0.1, 0.15) is 9.67 Å². The van der Waals surface area contributed by atoms with Crippen LogP contribution in [0.15, 0.2) is 27.6 Å². The Morgan fingerprint density at radius 1 is 1.27 bits per heavy atom. The minimum absolute atomic E-state index is 0.124. The van der Waals surface area contributed by atoms with Crippen molar-refractivity contribution in [2.24, 2.45) is 0 Å². The van der Waals surface area contributed by atoms with Crippen molar-refractivity contribution in [3.8, 4) is 0 Å². The predicted octanol–water partition coefficient (Wildman–Crippen LogP) is 3.90. The molecule has 1 fully saturated rings. The van der Waals surface area contributed by atoms with E-state index in [9.17, 15) is 14.9 Å². The van der Waals surface area contributed by atoms with Gasteiger partial charge in [-0.3, -0.25) is 19.9 Å². The molecule has 1 amide bonds. The number of amides is 1. The van der Waals surface area contributed by atoms with Gasteiger partial charge in [-0.15, -0.1) is 11.3 Å². The number of nitrogens with zero attached hydrogens (tertiary/aromatic N) is 4. The van der Waals surface area contributed by atoms with Crippen LogP contribution in [-0.2, 0) is 0 Å². The Bertz CT molecular complexity index is 833. The van der Waals surface area contributed by atoms with Gasteiger partial charge in [-0.1, -0.05) is 35.0 Å². The van der Waals surface area contributed by atoms with E-state index in [1.807, 2.05) is 7.05 Å². The summed E-state index contributed by atoms with van der Waals surface area (Å²) in [5, 5.41) is 12.0. The minimum atomic E-state index is -0.497. The molecule has 26 heavy (non-hydrogen) atoms. The number of thiophene rings is 1. The number of carbonyl (C=O) groups is 1. The zero-order valence-corrected chi connectivity index (χ0v) is 16.8. The van der Waals surface area contributed by atoms with Gasteiger partial charge in [-0.25, -0.2) is 0 Å². The average Bonchev–Trinajstić information content (AvgIpc) is 3.02. The monoisotopic (exact) mass is 432 g/mol. The fourth-order valence-corrected chi connectivity index (χ4v) is 5.26. The van der Waals surface area contributed by atoms with E-state index in [1.165, 1.54) is 18.5 Å². The summed E-state index contributed by atoms with van der Waals surface area (Å²) in [6, 6.07) is 1.33. The third kappa shape index (κ3) is 4.12. The van der Waals surface area contributed by atoms with Crippen LogP contribution in [0.4, 0.5) is 5.69 Å². The van der Waals surface area contributed by atoms with Crippen LogP contribution >= 0.6 is 46.3 Å². The van der Waals surface area contributed by atoms with Crippen LogP contribution in [0.2, 0.25) is 10.0 Å². The number of nitro groups is 1. The fraction of sp³-hybridized carbons (Fsp3) is 0.333. The van der Waals surface area contributed by atoms with Gasteiger partial charge in [0, 0.05) is 44.6 Å². The fourth-order valence-electron chi connectivity index (χ4n) is 2.43. The number of piperazine rings is 1. The van der Waals surface area contributed by atoms with Crippen molar-refractivity contribution in [3.05, 3.63) is 43.5 Å². The van der Waals surface area contributed by atoms with Crippen molar-refractivity contribution in [1.82, 2.24) is 14.8 Å². The van der Waals surface area contributed by atoms with E-state index in [1.54, 1.807) is 4.90 Å². The van der Waals surface area contributed by atoms with Gasteiger partial charge < -0.3 is 9.80 Å². The molecule has 1 aliphatic rings. The number of hydrogen-bond donors (Lipinski definition) is 0. The number of pyridine rings is 1. The summed E-state index contributed by atoms with van der Waals surface area (Å²) in [5.41, 5.74) is -0.124. The standard InChI is InChI=1S/C15H14Cl2N4O3S2/c1-19-2-4-20(5-3-19)14(22)12-6-11(21(23)24)15(25-12)26-13-9(16)7-18-8-10(13)17/h6-8H,2-5H2,1H3. The summed E-state index contributed by atoms with van der Waals surface area (Å²) in [5.74, 6) is -0.190. The van der Waals surface area contributed by atoms with Crippen molar-refractivity contribution in [1.29, 1.82) is 0 Å². The molecule has 0 aliphatic carbocycles. The van der Waals surface area contributed by atoms with Crippen LogP contribution in [0, 0.1) is 10.1 Å². The molecule has 0 N–H and O–H groups in total. The number of likely N-dealkylation sites (N-methyl/N-ethyl adjacent to an activating group) is 1. The van der Waals surface area contributed by atoms with Gasteiger partial charge in [0.1, 0.15) is 9.09 Å². The third-order valence-electron chi connectivity index (χ3n) is 3.88. The van der Waals surface area contributed by atoms with E-state index in [4.69, 9.17) is 23.2 Å². The smallest absolute Gasteiger partial charge is 0.294 e. The van der Waals surface area contributed by atoms with E-state index < -0.39 is 4.92 Å². The summed E-state index contributed by atoms with van der Waals surface area (Å²) < 4.78 is 0.363. The molecule has 0 unspecified atom stereocenters. The first-order valence-electron chi connectivity index (χ1n) is 7.59. The van der Waals surface area contributed by atoms with Gasteiger partial charge in [0.25, 0.3) is 11.6 Å². The molecule has 0 atom stereocenters. The molecule has 2 aromatic heterocycles. The summed E-state index contributed by atoms with van der Waals surface area (Å²) in [6.45, 7) is 2.77. The highest BCUT2D eigenvalue weighted by Gasteiger charge is 2.28. The SMILES string of the molecule is CN1CCN(C(=O)c2cc([N+](=O)[O-])c(Sc3c(Cl)cncc3Cl)s2)CC1. The Morgan fingerprint density at radius 2 is 1.88 bits per heavy atom. The summed E-state index contributed by atoms with van der Waals surface area (Å²) in [4.78, 5) is 32.2. The van der Waals surface area contributed by atoms with Gasteiger partial charge >= 0.3 is 0 Å². The lowest BCUT2D eigenvalue weighted by molar-refractivity contribution is -0.387. The Kier molecular flexibility index (Phi) is 6.03. The minimum Gasteiger partial charge on any atom is -0.335 e. The zero-order chi connectivity index (χ0) is 18.8. The molecule has 0 spiro atoms. The Balaban J connectivity index is 1.89. The predicted molar refractivity (Wildman–Crippen MR) is 103 cm³/mol. The second-order valence-corrected chi connectivity index (χ2v) is 8.82. The topological polar surface area (TPSA) is 79.6 Å². The molecule has 0 saturated carbocycles. The molecule has 138 valence electrons. The van der Waals surface area contributed by atoms with Gasteiger partial charge in [-0.2, -0.15) is 0 Å². The highest BCUT2D eigenvalue weighted by molar-refractivity contribution is 8.01. The molecule has 0 radical (unpaired) electrons. The maximum Gasteiger partial charge on any atom is 0.294 e. The van der Waals surface area contributed by atoms with Gasteiger partial charge in [-0.05, 0) is 7.05 Å². The lowest BCUT2D eigenvalue weighted by atomic mass is 10.3. The average molecular weight is 433 g/mol. The van der Waals surface area contributed by atoms with E-state index in [0.717, 1.165) is 36.2 Å². The van der Waals surface area contributed by atoms with E-state index in [2.05, 4.69) is 9.88 Å². The Labute approximate surface area is 168 Å². The second-order valence-electron chi connectivity index (χ2n) is 5.67. The Hall–Kier alpha value is -1.39. The molecule has 1 aliphatic heterocycles. The second kappa shape index (κ2) is 8.10. The quantitative estimate of drug-likeness (QED) is 0.538. The maximum atomic E-state index is 12.7. The lowest BCUT2D eigenvalue weighted by Crippen LogP contribution is -2.46. The number of rotatable bonds is 4. The molecule has 11 heteroatoms. The van der Waals surface area contributed by atoms with Gasteiger partial charge in [0.2, 0.25) is 0 Å². The Morgan fingerprint density at radius 3 is 2.46 bits per heavy atom. The number of halogens is 2. The normalized spacial score (nSPS) is 15.3. The largest absolute Gasteiger partial charge is 0.335 e. The zero-order valence-electron chi connectivity index (χ0n) is 13.6. The van der Waals surface area contributed by atoms with Crippen LogP contribution in [0.3, 0.4) is 0 Å². The van der Waals surface area contributed by atoms with E-state index in [-0.39, 0.29) is 11.6 Å². The number of carbonyl (C=O) groups excluding carboxylic acids is 1. The maximum absolute atomic E-state index is 12.7. The molecule has 2 aromatic rings. The van der Waals surface area contributed by atoms with Gasteiger partial charge in [0.05, 0.1) is 19.9 Å². The molecular formula is C15H14Cl2N4O3S2. The van der Waals surface area contributed by atoms with Crippen LogP contribution in [-0.4, -0.2) is 58.8 Å². The van der Waals surface area contributed by atoms with Gasteiger partial charge in [0.15, 0.2) is 0 Å². The highest BCUT2D eigenvalue weighted by atomic mass is 35.5.